The molecule has 0 aliphatic heterocycles. The summed E-state index contributed by atoms with van der Waals surface area (Å²) in [6.07, 6.45) is 6.48. The summed E-state index contributed by atoms with van der Waals surface area (Å²) in [6, 6.07) is 3.23. The summed E-state index contributed by atoms with van der Waals surface area (Å²) in [5.74, 6) is 0.305. The molecular weight excluding hydrogens is 448 g/mol. The van der Waals surface area contributed by atoms with Crippen LogP contribution < -0.4 is 21.9 Å². The number of nitrogen functional groups attached to an aromatic ring is 1. The van der Waals surface area contributed by atoms with E-state index in [0.717, 1.165) is 50.3 Å². The van der Waals surface area contributed by atoms with E-state index in [-0.39, 0.29) is 40.3 Å². The lowest BCUT2D eigenvalue weighted by Gasteiger charge is -2.29. The van der Waals surface area contributed by atoms with Crippen molar-refractivity contribution in [2.24, 2.45) is 0 Å². The molecule has 0 aromatic carbocycles. The van der Waals surface area contributed by atoms with Crippen molar-refractivity contribution in [1.29, 1.82) is 0 Å². The van der Waals surface area contributed by atoms with E-state index in [9.17, 15) is 14.4 Å². The second-order valence-corrected chi connectivity index (χ2v) is 8.77. The van der Waals surface area contributed by atoms with Crippen molar-refractivity contribution >= 4 is 29.2 Å². The van der Waals surface area contributed by atoms with Gasteiger partial charge in [-0.3, -0.25) is 19.1 Å². The van der Waals surface area contributed by atoms with Crippen molar-refractivity contribution in [2.45, 2.75) is 63.3 Å². The fourth-order valence-electron chi connectivity index (χ4n) is 3.98. The first kappa shape index (κ1) is 22.9. The number of rotatable bonds is 9. The fourth-order valence-corrected chi connectivity index (χ4v) is 4.61. The molecule has 0 saturated heterocycles. The Balaban J connectivity index is 1.60. The number of carbonyl (C=O) groups excluding carboxylic acids is 1. The highest BCUT2D eigenvalue weighted by Crippen LogP contribution is 2.31. The molecule has 1 fully saturated rings. The number of nitrogens with zero attached hydrogens (tertiary/aromatic N) is 4. The summed E-state index contributed by atoms with van der Waals surface area (Å²) < 4.78 is 12.1. The normalized spacial score (nSPS) is 14.1. The van der Waals surface area contributed by atoms with Crippen LogP contribution in [0.2, 0.25) is 0 Å². The van der Waals surface area contributed by atoms with Crippen molar-refractivity contribution in [3.8, 4) is 11.7 Å². The van der Waals surface area contributed by atoms with Gasteiger partial charge in [0, 0.05) is 12.6 Å². The molecule has 1 aliphatic carbocycles. The number of furan rings is 1. The largest absolute Gasteiger partial charge is 0.459 e. The zero-order valence-corrected chi connectivity index (χ0v) is 19.1. The predicted molar refractivity (Wildman–Crippen MR) is 123 cm³/mol. The first-order chi connectivity index (χ1) is 16.0. The second-order valence-electron chi connectivity index (χ2n) is 7.84. The monoisotopic (exact) mass is 474 g/mol. The van der Waals surface area contributed by atoms with Crippen molar-refractivity contribution in [1.82, 2.24) is 19.7 Å². The molecule has 0 radical (unpaired) electrons. The van der Waals surface area contributed by atoms with Gasteiger partial charge in [0.1, 0.15) is 5.82 Å². The van der Waals surface area contributed by atoms with Crippen LogP contribution in [0, 0.1) is 0 Å². The quantitative estimate of drug-likeness (QED) is 0.445. The molecule has 0 atom stereocenters. The molecule has 3 heterocycles. The van der Waals surface area contributed by atoms with Gasteiger partial charge in [-0.2, -0.15) is 0 Å². The van der Waals surface area contributed by atoms with E-state index in [1.807, 2.05) is 6.92 Å². The maximum absolute atomic E-state index is 13.4. The topological polar surface area (TPSA) is 153 Å². The zero-order chi connectivity index (χ0) is 23.4. The SMILES string of the molecule is CCCCn1c(N)c(N(C(=O)CSc2nnc(-c3ccco3)o2)C2CCCC2)c(=O)[nH]c1=O. The third-order valence-corrected chi connectivity index (χ3v) is 6.41. The van der Waals surface area contributed by atoms with Crippen LogP contribution in [-0.2, 0) is 11.3 Å². The molecule has 4 rings (SSSR count). The van der Waals surface area contributed by atoms with Gasteiger partial charge in [-0.25, -0.2) is 4.79 Å². The van der Waals surface area contributed by atoms with Crippen LogP contribution in [0.25, 0.3) is 11.7 Å². The van der Waals surface area contributed by atoms with Crippen LogP contribution in [0.4, 0.5) is 11.5 Å². The van der Waals surface area contributed by atoms with Crippen LogP contribution in [0.1, 0.15) is 45.4 Å². The molecule has 1 amide bonds. The average molecular weight is 475 g/mol. The van der Waals surface area contributed by atoms with Crippen molar-refractivity contribution in [3.05, 3.63) is 39.2 Å². The zero-order valence-electron chi connectivity index (χ0n) is 18.3. The molecule has 3 aromatic rings. The maximum Gasteiger partial charge on any atom is 0.330 e. The minimum Gasteiger partial charge on any atom is -0.459 e. The summed E-state index contributed by atoms with van der Waals surface area (Å²) in [6.45, 7) is 2.36. The van der Waals surface area contributed by atoms with E-state index in [2.05, 4.69) is 15.2 Å². The van der Waals surface area contributed by atoms with Gasteiger partial charge in [-0.1, -0.05) is 37.9 Å². The molecule has 11 nitrogen and oxygen atoms in total. The number of anilines is 2. The molecule has 1 aliphatic rings. The van der Waals surface area contributed by atoms with Gasteiger partial charge in [0.05, 0.1) is 12.0 Å². The summed E-state index contributed by atoms with van der Waals surface area (Å²) in [5.41, 5.74) is 5.09. The van der Waals surface area contributed by atoms with Crippen LogP contribution in [0.15, 0.2) is 42.0 Å². The minimum absolute atomic E-state index is 0.0142. The number of H-pyrrole nitrogens is 1. The maximum atomic E-state index is 13.4. The van der Waals surface area contributed by atoms with E-state index in [1.165, 1.54) is 15.7 Å². The minimum atomic E-state index is -0.659. The van der Waals surface area contributed by atoms with Crippen molar-refractivity contribution < 1.29 is 13.6 Å². The van der Waals surface area contributed by atoms with Gasteiger partial charge >= 0.3 is 5.69 Å². The number of nitrogens with two attached hydrogens (primary N) is 1. The molecule has 3 aromatic heterocycles. The van der Waals surface area contributed by atoms with Gasteiger partial charge in [-0.05, 0) is 31.4 Å². The molecule has 0 spiro atoms. The smallest absolute Gasteiger partial charge is 0.330 e. The third-order valence-electron chi connectivity index (χ3n) is 5.61. The number of nitrogens with one attached hydrogen (secondary N) is 1. The van der Waals surface area contributed by atoms with E-state index in [1.54, 1.807) is 12.1 Å². The first-order valence-corrected chi connectivity index (χ1v) is 11.9. The Morgan fingerprint density at radius 1 is 1.33 bits per heavy atom. The standard InChI is InChI=1S/C21H26N6O5S/c1-2-3-10-26-17(22)16(18(29)23-20(26)30)27(13-7-4-5-8-13)15(28)12-33-21-25-24-19(32-21)14-9-6-11-31-14/h6,9,11,13H,2-5,7-8,10,12,22H2,1H3,(H,23,29,30). The lowest BCUT2D eigenvalue weighted by Crippen LogP contribution is -2.46. The number of hydrogen-bond donors (Lipinski definition) is 2. The number of carbonyl (C=O) groups is 1. The van der Waals surface area contributed by atoms with Gasteiger partial charge in [-0.15, -0.1) is 10.2 Å². The van der Waals surface area contributed by atoms with Crippen LogP contribution in [0.3, 0.4) is 0 Å². The third kappa shape index (κ3) is 4.90. The first-order valence-electron chi connectivity index (χ1n) is 10.9. The summed E-state index contributed by atoms with van der Waals surface area (Å²) in [4.78, 5) is 42.3. The molecule has 12 heteroatoms. The van der Waals surface area contributed by atoms with Gasteiger partial charge in [0.2, 0.25) is 5.91 Å². The highest BCUT2D eigenvalue weighted by atomic mass is 32.2. The van der Waals surface area contributed by atoms with Gasteiger partial charge < -0.3 is 19.5 Å². The van der Waals surface area contributed by atoms with Gasteiger partial charge in [0.25, 0.3) is 16.7 Å². The molecule has 0 bridgehead atoms. The highest BCUT2D eigenvalue weighted by Gasteiger charge is 2.32. The molecular formula is C21H26N6O5S. The number of thioether (sulfide) groups is 1. The van der Waals surface area contributed by atoms with Crippen molar-refractivity contribution in [2.75, 3.05) is 16.4 Å². The molecule has 176 valence electrons. The Labute approximate surface area is 193 Å². The van der Waals surface area contributed by atoms with Crippen molar-refractivity contribution in [3.63, 3.8) is 0 Å². The number of hydrogen-bond acceptors (Lipinski definition) is 9. The Kier molecular flexibility index (Phi) is 7.02. The number of aromatic nitrogens is 4. The Bertz CT molecular complexity index is 1210. The van der Waals surface area contributed by atoms with Crippen LogP contribution in [0.5, 0.6) is 0 Å². The summed E-state index contributed by atoms with van der Waals surface area (Å²) >= 11 is 1.07. The van der Waals surface area contributed by atoms with Crippen LogP contribution in [-0.4, -0.2) is 37.5 Å². The second kappa shape index (κ2) is 10.1. The predicted octanol–water partition coefficient (Wildman–Crippen LogP) is 2.63. The average Bonchev–Trinajstić information content (AvgIpc) is 3.56. The molecule has 0 unspecified atom stereocenters. The summed E-state index contributed by atoms with van der Waals surface area (Å²) in [7, 11) is 0. The number of aromatic amines is 1. The van der Waals surface area contributed by atoms with Crippen LogP contribution >= 0.6 is 11.8 Å². The van der Waals surface area contributed by atoms with E-state index in [0.29, 0.717) is 12.3 Å². The van der Waals surface area contributed by atoms with Gasteiger partial charge in [0.15, 0.2) is 11.4 Å². The lowest BCUT2D eigenvalue weighted by atomic mass is 10.2. The highest BCUT2D eigenvalue weighted by molar-refractivity contribution is 7.99. The van der Waals surface area contributed by atoms with E-state index in [4.69, 9.17) is 14.6 Å². The molecule has 33 heavy (non-hydrogen) atoms. The molecule has 3 N–H and O–H groups in total. The fraction of sp³-hybridized carbons (Fsp3) is 0.476. The number of amides is 1. The Hall–Kier alpha value is -3.28. The lowest BCUT2D eigenvalue weighted by molar-refractivity contribution is -0.116. The Morgan fingerprint density at radius 3 is 2.82 bits per heavy atom. The number of unbranched alkanes of at least 4 members (excludes halogenated alkanes) is 1. The molecule has 1 saturated carbocycles. The van der Waals surface area contributed by atoms with E-state index >= 15 is 0 Å². The van der Waals surface area contributed by atoms with E-state index < -0.39 is 11.2 Å². The summed E-state index contributed by atoms with van der Waals surface area (Å²) in [5, 5.41) is 8.08. The Morgan fingerprint density at radius 2 is 2.12 bits per heavy atom.